The van der Waals surface area contributed by atoms with E-state index >= 15 is 0 Å². The number of hydrogen-bond donors (Lipinski definition) is 0. The molecule has 2 aromatic heterocycles. The second-order valence-corrected chi connectivity index (χ2v) is 8.95. The summed E-state index contributed by atoms with van der Waals surface area (Å²) in [6.45, 7) is 2.11. The van der Waals surface area contributed by atoms with Gasteiger partial charge in [-0.15, -0.1) is 10.2 Å². The number of halogens is 2. The molecule has 1 atom stereocenters. The molecular weight excluding hydrogens is 437 g/mol. The van der Waals surface area contributed by atoms with Crippen molar-refractivity contribution < 1.29 is 0 Å². The summed E-state index contributed by atoms with van der Waals surface area (Å²) in [4.78, 5) is 6.63. The van der Waals surface area contributed by atoms with Crippen LogP contribution in [0, 0.1) is 0 Å². The first-order valence-electron chi connectivity index (χ1n) is 9.48. The standard InChI is InChI=1S/C22H21Cl2N5S/c1-14(28(2)3)21-26-27-22(29(21)18-10-8-17(23)9-11-18)30-13-16-12-15-6-4-5-7-19(15)25-20(16)24/h4-12,14H,13H2,1-3H3/t14-/m1/s1. The van der Waals surface area contributed by atoms with Crippen molar-refractivity contribution in [2.75, 3.05) is 14.1 Å². The zero-order valence-electron chi connectivity index (χ0n) is 16.9. The van der Waals surface area contributed by atoms with E-state index in [2.05, 4.69) is 37.6 Å². The average Bonchev–Trinajstić information content (AvgIpc) is 3.16. The van der Waals surface area contributed by atoms with Crippen molar-refractivity contribution >= 4 is 45.9 Å². The normalized spacial score (nSPS) is 12.6. The Balaban J connectivity index is 1.69. The predicted octanol–water partition coefficient (Wildman–Crippen LogP) is 6.04. The lowest BCUT2D eigenvalue weighted by Crippen LogP contribution is -2.20. The molecule has 0 aliphatic carbocycles. The fourth-order valence-electron chi connectivity index (χ4n) is 3.09. The Hall–Kier alpha value is -2.12. The van der Waals surface area contributed by atoms with Gasteiger partial charge in [0.2, 0.25) is 0 Å². The zero-order chi connectivity index (χ0) is 21.3. The smallest absolute Gasteiger partial charge is 0.196 e. The van der Waals surface area contributed by atoms with Crippen LogP contribution in [0.15, 0.2) is 59.8 Å². The summed E-state index contributed by atoms with van der Waals surface area (Å²) in [5.41, 5.74) is 2.83. The molecule has 5 nitrogen and oxygen atoms in total. The molecule has 4 rings (SSSR count). The average molecular weight is 458 g/mol. The molecule has 0 unspecified atom stereocenters. The fraction of sp³-hybridized carbons (Fsp3) is 0.227. The lowest BCUT2D eigenvalue weighted by atomic mass is 10.2. The third-order valence-electron chi connectivity index (χ3n) is 5.00. The van der Waals surface area contributed by atoms with Crippen LogP contribution in [0.25, 0.3) is 16.6 Å². The molecular formula is C22H21Cl2N5S. The topological polar surface area (TPSA) is 46.8 Å². The van der Waals surface area contributed by atoms with Crippen molar-refractivity contribution in [2.24, 2.45) is 0 Å². The molecule has 0 radical (unpaired) electrons. The van der Waals surface area contributed by atoms with E-state index in [0.717, 1.165) is 33.1 Å². The first-order chi connectivity index (χ1) is 14.4. The van der Waals surface area contributed by atoms with E-state index in [1.807, 2.05) is 62.6 Å². The highest BCUT2D eigenvalue weighted by atomic mass is 35.5. The van der Waals surface area contributed by atoms with E-state index in [0.29, 0.717) is 15.9 Å². The number of hydrogen-bond acceptors (Lipinski definition) is 5. The highest BCUT2D eigenvalue weighted by Gasteiger charge is 2.21. The van der Waals surface area contributed by atoms with Crippen LogP contribution in [-0.4, -0.2) is 38.7 Å². The van der Waals surface area contributed by atoms with Gasteiger partial charge in [0.05, 0.1) is 11.6 Å². The van der Waals surface area contributed by atoms with Gasteiger partial charge < -0.3 is 0 Å². The number of pyridine rings is 1. The van der Waals surface area contributed by atoms with E-state index in [9.17, 15) is 0 Å². The van der Waals surface area contributed by atoms with Crippen LogP contribution in [0.4, 0.5) is 0 Å². The lowest BCUT2D eigenvalue weighted by Gasteiger charge is -2.20. The number of para-hydroxylation sites is 1. The molecule has 30 heavy (non-hydrogen) atoms. The van der Waals surface area contributed by atoms with Crippen LogP contribution in [0.5, 0.6) is 0 Å². The van der Waals surface area contributed by atoms with Crippen LogP contribution in [0.1, 0.15) is 24.4 Å². The Morgan fingerprint density at radius 3 is 2.50 bits per heavy atom. The first kappa shape index (κ1) is 21.1. The second-order valence-electron chi connectivity index (χ2n) is 7.21. The van der Waals surface area contributed by atoms with Crippen LogP contribution < -0.4 is 0 Å². The minimum atomic E-state index is 0.0912. The Labute approximate surface area is 190 Å². The highest BCUT2D eigenvalue weighted by molar-refractivity contribution is 7.98. The van der Waals surface area contributed by atoms with Gasteiger partial charge in [0.25, 0.3) is 0 Å². The van der Waals surface area contributed by atoms with Gasteiger partial charge in [-0.05, 0) is 57.4 Å². The van der Waals surface area contributed by atoms with Crippen molar-refractivity contribution in [1.82, 2.24) is 24.6 Å². The van der Waals surface area contributed by atoms with Crippen molar-refractivity contribution in [2.45, 2.75) is 23.9 Å². The summed E-state index contributed by atoms with van der Waals surface area (Å²) in [6, 6.07) is 17.8. The molecule has 4 aromatic rings. The fourth-order valence-corrected chi connectivity index (χ4v) is 4.44. The molecule has 0 spiro atoms. The van der Waals surface area contributed by atoms with Gasteiger partial charge in [0, 0.05) is 27.4 Å². The molecule has 0 amide bonds. The molecule has 0 aliphatic rings. The number of nitrogens with zero attached hydrogens (tertiary/aromatic N) is 5. The molecule has 0 saturated heterocycles. The summed E-state index contributed by atoms with van der Waals surface area (Å²) in [5.74, 6) is 1.51. The number of thioether (sulfide) groups is 1. The summed E-state index contributed by atoms with van der Waals surface area (Å²) < 4.78 is 2.08. The van der Waals surface area contributed by atoms with E-state index in [4.69, 9.17) is 23.2 Å². The largest absolute Gasteiger partial charge is 0.300 e. The Morgan fingerprint density at radius 1 is 1.03 bits per heavy atom. The molecule has 154 valence electrons. The lowest BCUT2D eigenvalue weighted by molar-refractivity contribution is 0.305. The van der Waals surface area contributed by atoms with Crippen LogP contribution in [-0.2, 0) is 5.75 Å². The van der Waals surface area contributed by atoms with E-state index in [1.165, 1.54) is 0 Å². The van der Waals surface area contributed by atoms with Gasteiger partial charge in [-0.3, -0.25) is 9.47 Å². The van der Waals surface area contributed by atoms with Gasteiger partial charge in [-0.25, -0.2) is 4.98 Å². The maximum Gasteiger partial charge on any atom is 0.196 e. The minimum Gasteiger partial charge on any atom is -0.300 e. The Kier molecular flexibility index (Phi) is 6.29. The molecule has 0 saturated carbocycles. The van der Waals surface area contributed by atoms with Gasteiger partial charge in [0.1, 0.15) is 5.15 Å². The third-order valence-corrected chi connectivity index (χ3v) is 6.56. The van der Waals surface area contributed by atoms with Crippen molar-refractivity contribution in [3.63, 3.8) is 0 Å². The van der Waals surface area contributed by atoms with Crippen LogP contribution >= 0.6 is 35.0 Å². The van der Waals surface area contributed by atoms with Crippen molar-refractivity contribution in [3.8, 4) is 5.69 Å². The van der Waals surface area contributed by atoms with Crippen molar-refractivity contribution in [3.05, 3.63) is 76.2 Å². The highest BCUT2D eigenvalue weighted by Crippen LogP contribution is 2.31. The SMILES string of the molecule is C[C@H](c1nnc(SCc2cc3ccccc3nc2Cl)n1-c1ccc(Cl)cc1)N(C)C. The summed E-state index contributed by atoms with van der Waals surface area (Å²) >= 11 is 14.1. The molecule has 2 aromatic carbocycles. The predicted molar refractivity (Wildman–Crippen MR) is 125 cm³/mol. The van der Waals surface area contributed by atoms with Gasteiger partial charge >= 0.3 is 0 Å². The van der Waals surface area contributed by atoms with Crippen LogP contribution in [0.3, 0.4) is 0 Å². The summed E-state index contributed by atoms with van der Waals surface area (Å²) in [7, 11) is 4.05. The number of fused-ring (bicyclic) bond motifs is 1. The van der Waals surface area contributed by atoms with E-state index < -0.39 is 0 Å². The first-order valence-corrected chi connectivity index (χ1v) is 11.2. The van der Waals surface area contributed by atoms with Gasteiger partial charge in [-0.1, -0.05) is 53.2 Å². The zero-order valence-corrected chi connectivity index (χ0v) is 19.2. The number of benzene rings is 2. The minimum absolute atomic E-state index is 0.0912. The Bertz CT molecular complexity index is 1170. The van der Waals surface area contributed by atoms with E-state index in [-0.39, 0.29) is 6.04 Å². The van der Waals surface area contributed by atoms with E-state index in [1.54, 1.807) is 11.8 Å². The Morgan fingerprint density at radius 2 is 1.77 bits per heavy atom. The second kappa shape index (κ2) is 8.94. The molecule has 0 aliphatic heterocycles. The molecule has 2 heterocycles. The summed E-state index contributed by atoms with van der Waals surface area (Å²) in [6.07, 6.45) is 0. The third kappa shape index (κ3) is 4.32. The molecule has 0 N–H and O–H groups in total. The van der Waals surface area contributed by atoms with Gasteiger partial charge in [-0.2, -0.15) is 0 Å². The molecule has 8 heteroatoms. The quantitative estimate of drug-likeness (QED) is 0.261. The van der Waals surface area contributed by atoms with Crippen molar-refractivity contribution in [1.29, 1.82) is 0 Å². The maximum absolute atomic E-state index is 6.45. The van der Waals surface area contributed by atoms with Crippen LogP contribution in [0.2, 0.25) is 10.2 Å². The molecule has 0 fully saturated rings. The number of aromatic nitrogens is 4. The van der Waals surface area contributed by atoms with Gasteiger partial charge in [0.15, 0.2) is 11.0 Å². The molecule has 0 bridgehead atoms. The summed E-state index contributed by atoms with van der Waals surface area (Å²) in [5, 5.41) is 12.0. The maximum atomic E-state index is 6.45. The monoisotopic (exact) mass is 457 g/mol. The number of rotatable bonds is 6.